The minimum Gasteiger partial charge on any atom is -0.478 e. The van der Waals surface area contributed by atoms with Crippen molar-refractivity contribution in [1.82, 2.24) is 0 Å². The first-order valence-corrected chi connectivity index (χ1v) is 7.57. The minimum absolute atomic E-state index is 0. The van der Waals surface area contributed by atoms with Gasteiger partial charge in [-0.3, -0.25) is 0 Å². The average Bonchev–Trinajstić information content (AvgIpc) is 2.87. The summed E-state index contributed by atoms with van der Waals surface area (Å²) >= 11 is 5.84. The Hall–Kier alpha value is -1.81. The van der Waals surface area contributed by atoms with E-state index in [1.165, 1.54) is 12.3 Å². The van der Waals surface area contributed by atoms with Crippen LogP contribution in [0.5, 0.6) is 0 Å². The molecule has 1 aromatic heterocycles. The number of hydrogen-bond acceptors (Lipinski definition) is 5. The van der Waals surface area contributed by atoms with Crippen LogP contribution in [0.15, 0.2) is 39.8 Å². The Balaban J connectivity index is 0.00000242. The maximum atomic E-state index is 11.3. The molecule has 116 valence electrons. The van der Waals surface area contributed by atoms with Gasteiger partial charge in [-0.15, -0.1) is 0 Å². The molecule has 0 unspecified atom stereocenters. The van der Waals surface area contributed by atoms with Gasteiger partial charge >= 0.3 is 5.97 Å². The fourth-order valence-corrected chi connectivity index (χ4v) is 2.79. The van der Waals surface area contributed by atoms with Gasteiger partial charge in [0.25, 0.3) is 0 Å². The Morgan fingerprint density at radius 3 is 2.59 bits per heavy atom. The number of nitrogens with two attached hydrogens (primary N) is 1. The Labute approximate surface area is 136 Å². The summed E-state index contributed by atoms with van der Waals surface area (Å²) in [4.78, 5) is 10.8. The van der Waals surface area contributed by atoms with Crippen LogP contribution < -0.4 is 10.5 Å². The van der Waals surface area contributed by atoms with Crippen LogP contribution in [0.4, 0.5) is 5.69 Å². The molecule has 0 spiro atoms. The van der Waals surface area contributed by atoms with Gasteiger partial charge in [0, 0.05) is 11.0 Å². The zero-order valence-corrected chi connectivity index (χ0v) is 13.6. The van der Waals surface area contributed by atoms with Crippen molar-refractivity contribution < 1.29 is 22.7 Å². The summed E-state index contributed by atoms with van der Waals surface area (Å²) in [5.41, 5.74) is -0.0914. The molecule has 0 bridgehead atoms. The van der Waals surface area contributed by atoms with Crippen molar-refractivity contribution in [3.05, 3.63) is 46.9 Å². The number of carbonyl (C=O) groups is 1. The second-order valence-corrected chi connectivity index (χ2v) is 6.05. The van der Waals surface area contributed by atoms with E-state index in [1.54, 1.807) is 12.1 Å². The van der Waals surface area contributed by atoms with Crippen molar-refractivity contribution in [3.63, 3.8) is 0 Å². The predicted octanol–water partition coefficient (Wildman–Crippen LogP) is 1.51. The van der Waals surface area contributed by atoms with Crippen LogP contribution in [0.1, 0.15) is 16.1 Å². The lowest BCUT2D eigenvalue weighted by molar-refractivity contribution is 0.0697. The second kappa shape index (κ2) is 6.96. The number of hydrogen-bond donors (Lipinski definition) is 3. The molecular weight excluding hydrogens is 348 g/mol. The molecule has 7 nitrogen and oxygen atoms in total. The van der Waals surface area contributed by atoms with E-state index in [2.05, 4.69) is 5.32 Å². The number of carboxylic acids is 1. The molecule has 1 aromatic carbocycles. The smallest absolute Gasteiger partial charge is 0.337 e. The van der Waals surface area contributed by atoms with Gasteiger partial charge in [-0.05, 0) is 24.3 Å². The van der Waals surface area contributed by atoms with Gasteiger partial charge < -0.3 is 14.8 Å². The first-order valence-electron chi connectivity index (χ1n) is 5.65. The highest BCUT2D eigenvalue weighted by molar-refractivity contribution is 7.89. The molecule has 0 fully saturated rings. The van der Waals surface area contributed by atoms with Crippen LogP contribution in [0.2, 0.25) is 5.02 Å². The Morgan fingerprint density at radius 2 is 2.09 bits per heavy atom. The standard InChI is InChI=1S/C12H11ClN2O5S.Si/c13-9-5-10(15-6-7-2-1-3-20-7)8(12(16)17)4-11(9)21(14,18)19;/h1-5,15H,6H2,(H,16,17)(H2,14,18,19);. The van der Waals surface area contributed by atoms with E-state index in [1.807, 2.05) is 0 Å². The fraction of sp³-hybridized carbons (Fsp3) is 0.0833. The maximum absolute atomic E-state index is 11.3. The van der Waals surface area contributed by atoms with Gasteiger partial charge in [-0.25, -0.2) is 18.4 Å². The van der Waals surface area contributed by atoms with Crippen LogP contribution in [0.3, 0.4) is 0 Å². The molecule has 0 aliphatic rings. The number of nitrogens with one attached hydrogen (secondary N) is 1. The molecule has 0 saturated carbocycles. The lowest BCUT2D eigenvalue weighted by Gasteiger charge is -2.11. The summed E-state index contributed by atoms with van der Waals surface area (Å²) in [7, 11) is -4.11. The van der Waals surface area contributed by atoms with Gasteiger partial charge in [0.1, 0.15) is 10.7 Å². The zero-order valence-electron chi connectivity index (χ0n) is 11.0. The molecule has 22 heavy (non-hydrogen) atoms. The molecule has 0 aliphatic heterocycles. The quantitative estimate of drug-likeness (QED) is 0.696. The average molecular weight is 359 g/mol. The summed E-state index contributed by atoms with van der Waals surface area (Å²) in [5.74, 6) is -0.725. The summed E-state index contributed by atoms with van der Waals surface area (Å²) in [5, 5.41) is 16.8. The topological polar surface area (TPSA) is 123 Å². The van der Waals surface area contributed by atoms with Gasteiger partial charge in [0.05, 0.1) is 29.1 Å². The summed E-state index contributed by atoms with van der Waals surface area (Å²) in [6.07, 6.45) is 1.48. The molecule has 2 rings (SSSR count). The van der Waals surface area contributed by atoms with Crippen LogP contribution in [0, 0.1) is 0 Å². The highest BCUT2D eigenvalue weighted by Crippen LogP contribution is 2.28. The van der Waals surface area contributed by atoms with E-state index in [-0.39, 0.29) is 33.8 Å². The van der Waals surface area contributed by atoms with Crippen molar-refractivity contribution in [2.75, 3.05) is 5.32 Å². The number of anilines is 1. The minimum atomic E-state index is -4.11. The lowest BCUT2D eigenvalue weighted by atomic mass is 10.1. The molecule has 0 atom stereocenters. The van der Waals surface area contributed by atoms with Crippen molar-refractivity contribution in [2.45, 2.75) is 11.4 Å². The summed E-state index contributed by atoms with van der Waals surface area (Å²) < 4.78 is 27.8. The number of halogens is 1. The van der Waals surface area contributed by atoms with E-state index in [0.717, 1.165) is 6.07 Å². The Kier molecular flexibility index (Phi) is 5.77. The van der Waals surface area contributed by atoms with E-state index < -0.39 is 20.9 Å². The van der Waals surface area contributed by atoms with Crippen molar-refractivity contribution in [1.29, 1.82) is 0 Å². The van der Waals surface area contributed by atoms with E-state index >= 15 is 0 Å². The number of carboxylic acid groups (broad SMARTS) is 1. The molecule has 0 amide bonds. The first kappa shape index (κ1) is 18.2. The number of benzene rings is 1. The summed E-state index contributed by atoms with van der Waals surface area (Å²) in [6, 6.07) is 5.51. The molecular formula is C12H11ClN2O5SSi. The monoisotopic (exact) mass is 358 g/mol. The van der Waals surface area contributed by atoms with E-state index in [4.69, 9.17) is 26.3 Å². The highest BCUT2D eigenvalue weighted by Gasteiger charge is 2.20. The van der Waals surface area contributed by atoms with Crippen molar-refractivity contribution >= 4 is 44.2 Å². The third-order valence-electron chi connectivity index (χ3n) is 2.64. The van der Waals surface area contributed by atoms with E-state index in [0.29, 0.717) is 5.76 Å². The van der Waals surface area contributed by atoms with Crippen LogP contribution in [-0.4, -0.2) is 30.5 Å². The molecule has 0 aliphatic carbocycles. The summed E-state index contributed by atoms with van der Waals surface area (Å²) in [6.45, 7) is 0.221. The molecule has 4 radical (unpaired) electrons. The van der Waals surface area contributed by atoms with Crippen LogP contribution in [0.25, 0.3) is 0 Å². The van der Waals surface area contributed by atoms with Crippen LogP contribution >= 0.6 is 11.6 Å². The first-order chi connectivity index (χ1) is 9.79. The van der Waals surface area contributed by atoms with Gasteiger partial charge in [0.2, 0.25) is 10.0 Å². The number of aromatic carboxylic acids is 1. The highest BCUT2D eigenvalue weighted by atomic mass is 35.5. The lowest BCUT2D eigenvalue weighted by Crippen LogP contribution is -2.15. The molecule has 10 heteroatoms. The number of sulfonamides is 1. The molecule has 4 N–H and O–H groups in total. The number of rotatable bonds is 5. The SMILES string of the molecule is NS(=O)(=O)c1cc(C(=O)O)c(NCc2ccco2)cc1Cl.[Si]. The number of furan rings is 1. The molecule has 0 saturated heterocycles. The predicted molar refractivity (Wildman–Crippen MR) is 81.6 cm³/mol. The maximum Gasteiger partial charge on any atom is 0.337 e. The fourth-order valence-electron chi connectivity index (χ4n) is 1.69. The molecule has 2 aromatic rings. The normalized spacial score (nSPS) is 10.8. The zero-order chi connectivity index (χ0) is 15.6. The Bertz CT molecular complexity index is 777. The van der Waals surface area contributed by atoms with E-state index in [9.17, 15) is 13.2 Å². The van der Waals surface area contributed by atoms with Crippen LogP contribution in [-0.2, 0) is 16.6 Å². The van der Waals surface area contributed by atoms with Gasteiger partial charge in [0.15, 0.2) is 0 Å². The van der Waals surface area contributed by atoms with Crippen molar-refractivity contribution in [2.24, 2.45) is 5.14 Å². The van der Waals surface area contributed by atoms with Gasteiger partial charge in [-0.1, -0.05) is 11.6 Å². The number of primary sulfonamides is 1. The molecule has 1 heterocycles. The third-order valence-corrected chi connectivity index (χ3v) is 4.02. The van der Waals surface area contributed by atoms with Crippen molar-refractivity contribution in [3.8, 4) is 0 Å². The van der Waals surface area contributed by atoms with Gasteiger partial charge in [-0.2, -0.15) is 0 Å². The largest absolute Gasteiger partial charge is 0.478 e. The Morgan fingerprint density at radius 1 is 1.41 bits per heavy atom. The third kappa shape index (κ3) is 4.10. The second-order valence-electron chi connectivity index (χ2n) is 4.11.